The Kier molecular flexibility index (Phi) is 4.03. The summed E-state index contributed by atoms with van der Waals surface area (Å²) in [7, 11) is 4.20. The molecule has 1 nitrogen and oxygen atoms in total. The van der Waals surface area contributed by atoms with Crippen molar-refractivity contribution in [2.75, 3.05) is 19.0 Å². The Morgan fingerprint density at radius 1 is 0.833 bits per heavy atom. The van der Waals surface area contributed by atoms with E-state index in [0.29, 0.717) is 0 Å². The predicted octanol–water partition coefficient (Wildman–Crippen LogP) is 4.37. The van der Waals surface area contributed by atoms with Gasteiger partial charge in [0, 0.05) is 25.3 Å². The average Bonchev–Trinajstić information content (AvgIpc) is 2.40. The second kappa shape index (κ2) is 5.72. The van der Waals surface area contributed by atoms with E-state index in [4.69, 9.17) is 0 Å². The van der Waals surface area contributed by atoms with E-state index in [0.717, 1.165) is 6.42 Å². The summed E-state index contributed by atoms with van der Waals surface area (Å²) in [4.78, 5) is 2.18. The Balaban J connectivity index is 2.55. The summed E-state index contributed by atoms with van der Waals surface area (Å²) < 4.78 is 0. The summed E-state index contributed by atoms with van der Waals surface area (Å²) in [6, 6.07) is 17.3. The van der Waals surface area contributed by atoms with Gasteiger partial charge >= 0.3 is 0 Å². The van der Waals surface area contributed by atoms with Gasteiger partial charge in [0.05, 0.1) is 0 Å². The summed E-state index contributed by atoms with van der Waals surface area (Å²) in [6.07, 6.45) is 2.32. The molecule has 18 heavy (non-hydrogen) atoms. The SMILES string of the molecule is CCCc1ccccc1-c1ccccc1N(C)C. The number of rotatable bonds is 4. The molecule has 0 heterocycles. The van der Waals surface area contributed by atoms with Crippen LogP contribution in [0.1, 0.15) is 18.9 Å². The fraction of sp³-hybridized carbons (Fsp3) is 0.294. The third-order valence-electron chi connectivity index (χ3n) is 3.21. The highest BCUT2D eigenvalue weighted by molar-refractivity contribution is 5.80. The predicted molar refractivity (Wildman–Crippen MR) is 80.2 cm³/mol. The molecule has 0 radical (unpaired) electrons. The van der Waals surface area contributed by atoms with Crippen molar-refractivity contribution in [1.29, 1.82) is 0 Å². The van der Waals surface area contributed by atoms with Gasteiger partial charge in [-0.2, -0.15) is 0 Å². The summed E-state index contributed by atoms with van der Waals surface area (Å²) in [5, 5.41) is 0. The minimum atomic E-state index is 1.14. The molecule has 0 bridgehead atoms. The first-order valence-electron chi connectivity index (χ1n) is 6.58. The van der Waals surface area contributed by atoms with Crippen LogP contribution >= 0.6 is 0 Å². The van der Waals surface area contributed by atoms with Gasteiger partial charge in [-0.3, -0.25) is 0 Å². The lowest BCUT2D eigenvalue weighted by Gasteiger charge is -2.19. The van der Waals surface area contributed by atoms with Crippen molar-refractivity contribution in [3.8, 4) is 11.1 Å². The molecule has 0 aliphatic carbocycles. The summed E-state index contributed by atoms with van der Waals surface area (Å²) in [5.74, 6) is 0. The molecular formula is C17H21N. The highest BCUT2D eigenvalue weighted by Crippen LogP contribution is 2.32. The smallest absolute Gasteiger partial charge is 0.0440 e. The van der Waals surface area contributed by atoms with E-state index < -0.39 is 0 Å². The largest absolute Gasteiger partial charge is 0.377 e. The monoisotopic (exact) mass is 239 g/mol. The van der Waals surface area contributed by atoms with Crippen LogP contribution in [0.2, 0.25) is 0 Å². The Hall–Kier alpha value is -1.76. The van der Waals surface area contributed by atoms with Crippen LogP contribution in [0.15, 0.2) is 48.5 Å². The molecule has 0 unspecified atom stereocenters. The first-order valence-corrected chi connectivity index (χ1v) is 6.58. The topological polar surface area (TPSA) is 3.24 Å². The van der Waals surface area contributed by atoms with E-state index >= 15 is 0 Å². The molecular weight excluding hydrogens is 218 g/mol. The molecule has 94 valence electrons. The Bertz CT molecular complexity index is 515. The van der Waals surface area contributed by atoms with Crippen molar-refractivity contribution >= 4 is 5.69 Å². The van der Waals surface area contributed by atoms with Crippen molar-refractivity contribution in [2.45, 2.75) is 19.8 Å². The number of para-hydroxylation sites is 1. The molecule has 0 aromatic heterocycles. The standard InChI is InChI=1S/C17H21N/c1-4-9-14-10-5-6-11-15(14)16-12-7-8-13-17(16)18(2)3/h5-8,10-13H,4,9H2,1-3H3. The summed E-state index contributed by atoms with van der Waals surface area (Å²) in [6.45, 7) is 2.23. The minimum Gasteiger partial charge on any atom is -0.377 e. The van der Waals surface area contributed by atoms with Crippen LogP contribution < -0.4 is 4.90 Å². The van der Waals surface area contributed by atoms with Crippen LogP contribution in [0.3, 0.4) is 0 Å². The molecule has 2 aromatic rings. The highest BCUT2D eigenvalue weighted by Gasteiger charge is 2.09. The zero-order chi connectivity index (χ0) is 13.0. The first-order chi connectivity index (χ1) is 8.74. The van der Waals surface area contributed by atoms with Crippen LogP contribution in [0.5, 0.6) is 0 Å². The quantitative estimate of drug-likeness (QED) is 0.765. The number of hydrogen-bond acceptors (Lipinski definition) is 1. The molecule has 0 aliphatic rings. The van der Waals surface area contributed by atoms with Gasteiger partial charge in [0.25, 0.3) is 0 Å². The lowest BCUT2D eigenvalue weighted by atomic mass is 9.95. The average molecular weight is 239 g/mol. The molecule has 2 aromatic carbocycles. The van der Waals surface area contributed by atoms with Crippen LogP contribution in [0.4, 0.5) is 5.69 Å². The Morgan fingerprint density at radius 3 is 2.11 bits per heavy atom. The molecule has 0 spiro atoms. The van der Waals surface area contributed by atoms with Gasteiger partial charge in [-0.1, -0.05) is 55.8 Å². The number of anilines is 1. The molecule has 0 amide bonds. The van der Waals surface area contributed by atoms with E-state index in [1.807, 2.05) is 0 Å². The van der Waals surface area contributed by atoms with E-state index in [2.05, 4.69) is 74.4 Å². The molecule has 0 saturated carbocycles. The van der Waals surface area contributed by atoms with Crippen LogP contribution in [0.25, 0.3) is 11.1 Å². The maximum Gasteiger partial charge on any atom is 0.0440 e. The third-order valence-corrected chi connectivity index (χ3v) is 3.21. The molecule has 0 saturated heterocycles. The second-order valence-electron chi connectivity index (χ2n) is 4.82. The number of aryl methyl sites for hydroxylation is 1. The maximum atomic E-state index is 2.24. The van der Waals surface area contributed by atoms with Crippen molar-refractivity contribution in [3.05, 3.63) is 54.1 Å². The first kappa shape index (κ1) is 12.7. The van der Waals surface area contributed by atoms with Gasteiger partial charge in [0.2, 0.25) is 0 Å². The number of hydrogen-bond donors (Lipinski definition) is 0. The molecule has 0 atom stereocenters. The van der Waals surface area contributed by atoms with Crippen molar-refractivity contribution in [3.63, 3.8) is 0 Å². The van der Waals surface area contributed by atoms with Crippen LogP contribution in [0, 0.1) is 0 Å². The van der Waals surface area contributed by atoms with Gasteiger partial charge in [0.1, 0.15) is 0 Å². The van der Waals surface area contributed by atoms with Crippen LogP contribution in [-0.4, -0.2) is 14.1 Å². The molecule has 0 N–H and O–H groups in total. The summed E-state index contributed by atoms with van der Waals surface area (Å²) in [5.41, 5.74) is 5.41. The van der Waals surface area contributed by atoms with Gasteiger partial charge in [-0.25, -0.2) is 0 Å². The van der Waals surface area contributed by atoms with Gasteiger partial charge in [0.15, 0.2) is 0 Å². The molecule has 1 heteroatoms. The summed E-state index contributed by atoms with van der Waals surface area (Å²) >= 11 is 0. The van der Waals surface area contributed by atoms with E-state index in [1.165, 1.54) is 28.8 Å². The number of nitrogens with zero attached hydrogens (tertiary/aromatic N) is 1. The molecule has 0 fully saturated rings. The van der Waals surface area contributed by atoms with Gasteiger partial charge in [-0.05, 0) is 23.6 Å². The second-order valence-corrected chi connectivity index (χ2v) is 4.82. The van der Waals surface area contributed by atoms with E-state index in [-0.39, 0.29) is 0 Å². The zero-order valence-electron chi connectivity index (χ0n) is 11.5. The third kappa shape index (κ3) is 2.56. The van der Waals surface area contributed by atoms with Crippen molar-refractivity contribution in [1.82, 2.24) is 0 Å². The van der Waals surface area contributed by atoms with Crippen LogP contribution in [-0.2, 0) is 6.42 Å². The molecule has 2 rings (SSSR count). The van der Waals surface area contributed by atoms with E-state index in [9.17, 15) is 0 Å². The van der Waals surface area contributed by atoms with E-state index in [1.54, 1.807) is 0 Å². The van der Waals surface area contributed by atoms with Crippen molar-refractivity contribution < 1.29 is 0 Å². The lowest BCUT2D eigenvalue weighted by Crippen LogP contribution is -2.10. The molecule has 0 aliphatic heterocycles. The lowest BCUT2D eigenvalue weighted by molar-refractivity contribution is 0.923. The highest BCUT2D eigenvalue weighted by atomic mass is 15.1. The maximum absolute atomic E-state index is 2.24. The minimum absolute atomic E-state index is 1.14. The zero-order valence-corrected chi connectivity index (χ0v) is 11.5. The normalized spacial score (nSPS) is 10.4. The fourth-order valence-corrected chi connectivity index (χ4v) is 2.36. The Labute approximate surface area is 110 Å². The van der Waals surface area contributed by atoms with Crippen molar-refractivity contribution in [2.24, 2.45) is 0 Å². The fourth-order valence-electron chi connectivity index (χ4n) is 2.36. The Morgan fingerprint density at radius 2 is 1.44 bits per heavy atom. The number of benzene rings is 2. The van der Waals surface area contributed by atoms with Gasteiger partial charge in [-0.15, -0.1) is 0 Å². The van der Waals surface area contributed by atoms with Gasteiger partial charge < -0.3 is 4.90 Å².